The summed E-state index contributed by atoms with van der Waals surface area (Å²) >= 11 is 1.87. The summed E-state index contributed by atoms with van der Waals surface area (Å²) < 4.78 is 0. The molecule has 5 heteroatoms. The summed E-state index contributed by atoms with van der Waals surface area (Å²) in [5.74, 6) is 2.04. The maximum absolute atomic E-state index is 11.4. The number of nitrogens with one attached hydrogen (secondary N) is 1. The van der Waals surface area contributed by atoms with Gasteiger partial charge < -0.3 is 10.2 Å². The fraction of sp³-hybridized carbons (Fsp3) is 0.750. The zero-order valence-corrected chi connectivity index (χ0v) is 8.27. The minimum atomic E-state index is -0.0319. The van der Waals surface area contributed by atoms with Crippen LogP contribution < -0.4 is 5.32 Å². The number of thioether (sulfide) groups is 1. The van der Waals surface area contributed by atoms with Gasteiger partial charge >= 0.3 is 6.03 Å². The van der Waals surface area contributed by atoms with E-state index in [2.05, 4.69) is 5.32 Å². The summed E-state index contributed by atoms with van der Waals surface area (Å²) in [7, 11) is 0. The topological polar surface area (TPSA) is 56.1 Å². The highest BCUT2D eigenvalue weighted by molar-refractivity contribution is 7.99. The van der Waals surface area contributed by atoms with Gasteiger partial charge in [0.2, 0.25) is 0 Å². The van der Waals surface area contributed by atoms with Crippen LogP contribution in [0, 0.1) is 11.3 Å². The number of carbonyl (C=O) groups is 1. The number of carbonyl (C=O) groups excluding carboxylic acids is 1. The summed E-state index contributed by atoms with van der Waals surface area (Å²) in [5.41, 5.74) is 0. The van der Waals surface area contributed by atoms with Crippen LogP contribution in [0.4, 0.5) is 4.79 Å². The van der Waals surface area contributed by atoms with Gasteiger partial charge in [0.05, 0.1) is 12.5 Å². The predicted molar refractivity (Wildman–Crippen MR) is 52.5 cm³/mol. The SMILES string of the molecule is N#CCCNC(=O)N1CCSCC1. The van der Waals surface area contributed by atoms with Gasteiger partial charge in [-0.15, -0.1) is 0 Å². The first-order chi connectivity index (χ1) is 6.34. The molecular formula is C8H13N3OS. The van der Waals surface area contributed by atoms with Gasteiger partial charge in [-0.05, 0) is 0 Å². The van der Waals surface area contributed by atoms with E-state index in [0.717, 1.165) is 24.6 Å². The quantitative estimate of drug-likeness (QED) is 0.665. The van der Waals surface area contributed by atoms with Crippen LogP contribution in [-0.2, 0) is 0 Å². The minimum absolute atomic E-state index is 0.0319. The second-order valence-electron chi connectivity index (χ2n) is 2.74. The van der Waals surface area contributed by atoms with Crippen molar-refractivity contribution < 1.29 is 4.79 Å². The number of nitrogens with zero attached hydrogens (tertiary/aromatic N) is 2. The van der Waals surface area contributed by atoms with Gasteiger partial charge in [-0.1, -0.05) is 0 Å². The summed E-state index contributed by atoms with van der Waals surface area (Å²) in [6, 6.07) is 1.96. The Morgan fingerprint density at radius 1 is 1.54 bits per heavy atom. The summed E-state index contributed by atoms with van der Waals surface area (Å²) in [5, 5.41) is 11.0. The van der Waals surface area contributed by atoms with E-state index in [1.165, 1.54) is 0 Å². The molecule has 2 amide bonds. The van der Waals surface area contributed by atoms with Gasteiger partial charge in [-0.3, -0.25) is 0 Å². The average Bonchev–Trinajstić information content (AvgIpc) is 2.19. The highest BCUT2D eigenvalue weighted by Gasteiger charge is 2.15. The molecule has 0 radical (unpaired) electrons. The largest absolute Gasteiger partial charge is 0.337 e. The number of nitriles is 1. The van der Waals surface area contributed by atoms with Crippen LogP contribution in [-0.4, -0.2) is 42.1 Å². The van der Waals surface area contributed by atoms with E-state index >= 15 is 0 Å². The van der Waals surface area contributed by atoms with Crippen molar-refractivity contribution in [3.05, 3.63) is 0 Å². The van der Waals surface area contributed by atoms with Gasteiger partial charge in [0.25, 0.3) is 0 Å². The van der Waals surface area contributed by atoms with Crippen molar-refractivity contribution in [1.82, 2.24) is 10.2 Å². The zero-order chi connectivity index (χ0) is 9.52. The van der Waals surface area contributed by atoms with Crippen LogP contribution >= 0.6 is 11.8 Å². The molecule has 0 aliphatic carbocycles. The molecule has 0 saturated carbocycles. The third-order valence-electron chi connectivity index (χ3n) is 1.81. The van der Waals surface area contributed by atoms with Crippen LogP contribution in [0.2, 0.25) is 0 Å². The fourth-order valence-electron chi connectivity index (χ4n) is 1.10. The predicted octanol–water partition coefficient (Wildman–Crippen LogP) is 0.658. The first-order valence-corrected chi connectivity index (χ1v) is 5.47. The number of amides is 2. The Morgan fingerprint density at radius 2 is 2.23 bits per heavy atom. The molecular weight excluding hydrogens is 186 g/mol. The van der Waals surface area contributed by atoms with Crippen LogP contribution in [0.3, 0.4) is 0 Å². The average molecular weight is 199 g/mol. The summed E-state index contributed by atoms with van der Waals surface area (Å²) in [6.45, 7) is 2.10. The van der Waals surface area contributed by atoms with E-state index in [1.54, 1.807) is 4.90 Å². The normalized spacial score (nSPS) is 16.4. The Labute approximate surface area is 82.3 Å². The van der Waals surface area contributed by atoms with E-state index < -0.39 is 0 Å². The maximum Gasteiger partial charge on any atom is 0.317 e. The molecule has 1 aliphatic rings. The van der Waals surface area contributed by atoms with E-state index in [4.69, 9.17) is 5.26 Å². The molecule has 4 nitrogen and oxygen atoms in total. The third kappa shape index (κ3) is 3.55. The van der Waals surface area contributed by atoms with Crippen molar-refractivity contribution in [3.63, 3.8) is 0 Å². The Kier molecular flexibility index (Phi) is 4.47. The van der Waals surface area contributed by atoms with Gasteiger partial charge in [-0.2, -0.15) is 17.0 Å². The molecule has 1 N–H and O–H groups in total. The lowest BCUT2D eigenvalue weighted by Crippen LogP contribution is -2.44. The summed E-state index contributed by atoms with van der Waals surface area (Å²) in [4.78, 5) is 13.2. The number of rotatable bonds is 2. The Balaban J connectivity index is 2.18. The molecule has 0 aromatic heterocycles. The maximum atomic E-state index is 11.4. The number of hydrogen-bond acceptors (Lipinski definition) is 3. The van der Waals surface area contributed by atoms with Crippen molar-refractivity contribution in [2.75, 3.05) is 31.1 Å². The van der Waals surface area contributed by atoms with Crippen molar-refractivity contribution in [2.24, 2.45) is 0 Å². The Bertz CT molecular complexity index is 208. The van der Waals surface area contributed by atoms with Gasteiger partial charge in [0.15, 0.2) is 0 Å². The first kappa shape index (κ1) is 10.2. The molecule has 1 heterocycles. The van der Waals surface area contributed by atoms with Crippen molar-refractivity contribution >= 4 is 17.8 Å². The molecule has 72 valence electrons. The second kappa shape index (κ2) is 5.70. The highest BCUT2D eigenvalue weighted by atomic mass is 32.2. The second-order valence-corrected chi connectivity index (χ2v) is 3.96. The van der Waals surface area contributed by atoms with Gasteiger partial charge in [0, 0.05) is 31.1 Å². The standard InChI is InChI=1S/C8H13N3OS/c9-2-1-3-10-8(12)11-4-6-13-7-5-11/h1,3-7H2,(H,10,12). The van der Waals surface area contributed by atoms with Crippen molar-refractivity contribution in [1.29, 1.82) is 5.26 Å². The lowest BCUT2D eigenvalue weighted by molar-refractivity contribution is 0.203. The third-order valence-corrected chi connectivity index (χ3v) is 2.75. The van der Waals surface area contributed by atoms with Gasteiger partial charge in [0.1, 0.15) is 0 Å². The minimum Gasteiger partial charge on any atom is -0.337 e. The molecule has 0 aromatic rings. The molecule has 0 aromatic carbocycles. The molecule has 13 heavy (non-hydrogen) atoms. The van der Waals surface area contributed by atoms with Crippen LogP contribution in [0.1, 0.15) is 6.42 Å². The molecule has 0 atom stereocenters. The van der Waals surface area contributed by atoms with Crippen LogP contribution in [0.25, 0.3) is 0 Å². The summed E-state index contributed by atoms with van der Waals surface area (Å²) in [6.07, 6.45) is 0.383. The fourth-order valence-corrected chi connectivity index (χ4v) is 2.01. The number of urea groups is 1. The molecule has 0 bridgehead atoms. The smallest absolute Gasteiger partial charge is 0.317 e. The molecule has 1 aliphatic heterocycles. The van der Waals surface area contributed by atoms with Crippen molar-refractivity contribution in [3.8, 4) is 6.07 Å². The Morgan fingerprint density at radius 3 is 2.85 bits per heavy atom. The molecule has 0 spiro atoms. The molecule has 1 saturated heterocycles. The van der Waals surface area contributed by atoms with Crippen LogP contribution in [0.15, 0.2) is 0 Å². The molecule has 1 rings (SSSR count). The van der Waals surface area contributed by atoms with Crippen molar-refractivity contribution in [2.45, 2.75) is 6.42 Å². The van der Waals surface area contributed by atoms with E-state index in [9.17, 15) is 4.79 Å². The monoisotopic (exact) mass is 199 g/mol. The molecule has 0 unspecified atom stereocenters. The van der Waals surface area contributed by atoms with E-state index in [-0.39, 0.29) is 6.03 Å². The zero-order valence-electron chi connectivity index (χ0n) is 7.45. The van der Waals surface area contributed by atoms with Crippen LogP contribution in [0.5, 0.6) is 0 Å². The number of hydrogen-bond donors (Lipinski definition) is 1. The Hall–Kier alpha value is -0.890. The lowest BCUT2D eigenvalue weighted by Gasteiger charge is -2.26. The van der Waals surface area contributed by atoms with Gasteiger partial charge in [-0.25, -0.2) is 4.79 Å². The highest BCUT2D eigenvalue weighted by Crippen LogP contribution is 2.08. The van der Waals surface area contributed by atoms with E-state index in [0.29, 0.717) is 13.0 Å². The van der Waals surface area contributed by atoms with E-state index in [1.807, 2.05) is 17.8 Å². The lowest BCUT2D eigenvalue weighted by atomic mass is 10.4. The first-order valence-electron chi connectivity index (χ1n) is 4.32. The molecule has 1 fully saturated rings.